The van der Waals surface area contributed by atoms with Crippen LogP contribution in [-0.4, -0.2) is 53.1 Å². The van der Waals surface area contributed by atoms with Crippen molar-refractivity contribution in [3.05, 3.63) is 18.0 Å². The molecule has 1 amide bonds. The third-order valence-corrected chi connectivity index (χ3v) is 3.23. The normalized spacial score (nSPS) is 12.7. The van der Waals surface area contributed by atoms with E-state index in [0.717, 1.165) is 18.5 Å². The van der Waals surface area contributed by atoms with Crippen molar-refractivity contribution in [2.45, 2.75) is 52.2 Å². The molecule has 1 aromatic rings. The summed E-state index contributed by atoms with van der Waals surface area (Å²) >= 11 is 0. The Morgan fingerprint density at radius 2 is 1.96 bits per heavy atom. The predicted molar refractivity (Wildman–Crippen MR) is 99.7 cm³/mol. The number of guanidine groups is 1. The average molecular weight is 352 g/mol. The molecule has 0 aliphatic heterocycles. The molecule has 8 heteroatoms. The quantitative estimate of drug-likeness (QED) is 0.532. The van der Waals surface area contributed by atoms with E-state index in [1.807, 2.05) is 54.1 Å². The molecule has 0 aromatic carbocycles. The molecule has 0 saturated heterocycles. The van der Waals surface area contributed by atoms with Gasteiger partial charge in [0.25, 0.3) is 0 Å². The number of amides is 1. The van der Waals surface area contributed by atoms with Gasteiger partial charge in [0.15, 0.2) is 5.96 Å². The number of aromatic nitrogens is 2. The van der Waals surface area contributed by atoms with Gasteiger partial charge in [0.05, 0.1) is 11.7 Å². The molecule has 0 aliphatic rings. The number of alkyl carbamates (subject to hydrolysis) is 1. The van der Waals surface area contributed by atoms with Crippen LogP contribution in [0.3, 0.4) is 0 Å². The summed E-state index contributed by atoms with van der Waals surface area (Å²) in [7, 11) is 3.62. The standard InChI is InChI=1S/C17H32N6O2/c1-16(2,3)25-15(24)22-17(4,5)12-20-14(18-6)19-9-8-13-10-21-23(7)11-13/h10-11H,8-9,12H2,1-7H3,(H,22,24)(H2,18,19,20). The first-order chi connectivity index (χ1) is 11.5. The second-order valence-corrected chi connectivity index (χ2v) is 7.64. The summed E-state index contributed by atoms with van der Waals surface area (Å²) in [6, 6.07) is 0. The molecule has 1 heterocycles. The molecule has 0 atom stereocenters. The third-order valence-electron chi connectivity index (χ3n) is 3.23. The van der Waals surface area contributed by atoms with Crippen LogP contribution >= 0.6 is 0 Å². The summed E-state index contributed by atoms with van der Waals surface area (Å²) in [5, 5.41) is 13.5. The highest BCUT2D eigenvalue weighted by Gasteiger charge is 2.24. The maximum atomic E-state index is 11.9. The maximum absolute atomic E-state index is 11.9. The fourth-order valence-electron chi connectivity index (χ4n) is 2.08. The minimum Gasteiger partial charge on any atom is -0.444 e. The Kier molecular flexibility index (Phi) is 7.26. The van der Waals surface area contributed by atoms with Gasteiger partial charge in [0, 0.05) is 33.4 Å². The maximum Gasteiger partial charge on any atom is 0.408 e. The first kappa shape index (κ1) is 20.8. The van der Waals surface area contributed by atoms with Gasteiger partial charge >= 0.3 is 6.09 Å². The molecule has 1 rings (SSSR count). The molecule has 0 unspecified atom stereocenters. The molecule has 3 N–H and O–H groups in total. The van der Waals surface area contributed by atoms with Crippen LogP contribution in [-0.2, 0) is 18.2 Å². The summed E-state index contributed by atoms with van der Waals surface area (Å²) in [5.41, 5.74) is 0.165. The summed E-state index contributed by atoms with van der Waals surface area (Å²) in [5.74, 6) is 0.683. The lowest BCUT2D eigenvalue weighted by Gasteiger charge is -2.29. The van der Waals surface area contributed by atoms with Crippen LogP contribution in [0.15, 0.2) is 17.4 Å². The third kappa shape index (κ3) is 8.97. The van der Waals surface area contributed by atoms with E-state index in [9.17, 15) is 4.79 Å². The van der Waals surface area contributed by atoms with Gasteiger partial charge in [0.1, 0.15) is 5.60 Å². The zero-order valence-electron chi connectivity index (χ0n) is 16.4. The zero-order valence-corrected chi connectivity index (χ0v) is 16.4. The van der Waals surface area contributed by atoms with E-state index in [-0.39, 0.29) is 0 Å². The van der Waals surface area contributed by atoms with E-state index in [1.54, 1.807) is 11.7 Å². The number of carbonyl (C=O) groups excluding carboxylic acids is 1. The average Bonchev–Trinajstić information content (AvgIpc) is 2.85. The highest BCUT2D eigenvalue weighted by atomic mass is 16.6. The second-order valence-electron chi connectivity index (χ2n) is 7.64. The molecule has 8 nitrogen and oxygen atoms in total. The van der Waals surface area contributed by atoms with Crippen LogP contribution in [0.25, 0.3) is 0 Å². The number of rotatable bonds is 6. The number of aryl methyl sites for hydroxylation is 1. The first-order valence-electron chi connectivity index (χ1n) is 8.44. The Morgan fingerprint density at radius 1 is 1.28 bits per heavy atom. The zero-order chi connectivity index (χ0) is 19.1. The molecule has 0 saturated carbocycles. The van der Waals surface area contributed by atoms with Crippen LogP contribution in [0.4, 0.5) is 4.79 Å². The number of hydrogen-bond acceptors (Lipinski definition) is 4. The van der Waals surface area contributed by atoms with Gasteiger partial charge in [-0.3, -0.25) is 9.67 Å². The van der Waals surface area contributed by atoms with Crippen molar-refractivity contribution in [1.29, 1.82) is 0 Å². The Morgan fingerprint density at radius 3 is 2.48 bits per heavy atom. The molecule has 0 aliphatic carbocycles. The number of aliphatic imine (C=N–C) groups is 1. The van der Waals surface area contributed by atoms with E-state index in [0.29, 0.717) is 12.5 Å². The highest BCUT2D eigenvalue weighted by Crippen LogP contribution is 2.09. The number of carbonyl (C=O) groups is 1. The fraction of sp³-hybridized carbons (Fsp3) is 0.706. The van der Waals surface area contributed by atoms with E-state index in [2.05, 4.69) is 26.0 Å². The van der Waals surface area contributed by atoms with E-state index in [4.69, 9.17) is 4.74 Å². The van der Waals surface area contributed by atoms with Crippen LogP contribution < -0.4 is 16.0 Å². The van der Waals surface area contributed by atoms with Crippen molar-refractivity contribution in [3.63, 3.8) is 0 Å². The van der Waals surface area contributed by atoms with Gasteiger partial charge in [-0.15, -0.1) is 0 Å². The van der Waals surface area contributed by atoms with Crippen LogP contribution in [0.2, 0.25) is 0 Å². The van der Waals surface area contributed by atoms with Crippen molar-refractivity contribution >= 4 is 12.1 Å². The summed E-state index contributed by atoms with van der Waals surface area (Å²) in [6.07, 6.45) is 4.27. The summed E-state index contributed by atoms with van der Waals surface area (Å²) in [6.45, 7) is 10.6. The van der Waals surface area contributed by atoms with Crippen molar-refractivity contribution in [2.24, 2.45) is 12.0 Å². The Bertz CT molecular complexity index is 586. The molecule has 0 radical (unpaired) electrons. The monoisotopic (exact) mass is 352 g/mol. The van der Waals surface area contributed by atoms with Crippen molar-refractivity contribution in [2.75, 3.05) is 20.1 Å². The van der Waals surface area contributed by atoms with Crippen molar-refractivity contribution < 1.29 is 9.53 Å². The lowest BCUT2D eigenvalue weighted by molar-refractivity contribution is 0.0474. The first-order valence-corrected chi connectivity index (χ1v) is 8.44. The predicted octanol–water partition coefficient (Wildman–Crippen LogP) is 1.43. The lowest BCUT2D eigenvalue weighted by Crippen LogP contribution is -2.54. The van der Waals surface area contributed by atoms with Gasteiger partial charge in [-0.05, 0) is 46.6 Å². The molecule has 0 bridgehead atoms. The van der Waals surface area contributed by atoms with Gasteiger partial charge in [-0.25, -0.2) is 4.79 Å². The second kappa shape index (κ2) is 8.73. The highest BCUT2D eigenvalue weighted by molar-refractivity contribution is 5.79. The molecular formula is C17H32N6O2. The van der Waals surface area contributed by atoms with Gasteiger partial charge in [0.2, 0.25) is 0 Å². The number of nitrogens with one attached hydrogen (secondary N) is 3. The minimum atomic E-state index is -0.516. The smallest absolute Gasteiger partial charge is 0.408 e. The molecule has 0 fully saturated rings. The Balaban J connectivity index is 2.38. The molecule has 0 spiro atoms. The lowest BCUT2D eigenvalue weighted by atomic mass is 10.1. The Labute approximate surface area is 150 Å². The minimum absolute atomic E-state index is 0.432. The largest absolute Gasteiger partial charge is 0.444 e. The summed E-state index contributed by atoms with van der Waals surface area (Å²) in [4.78, 5) is 16.1. The van der Waals surface area contributed by atoms with Crippen LogP contribution in [0, 0.1) is 0 Å². The molecular weight excluding hydrogens is 320 g/mol. The topological polar surface area (TPSA) is 92.6 Å². The van der Waals surface area contributed by atoms with E-state index in [1.165, 1.54) is 0 Å². The van der Waals surface area contributed by atoms with Crippen LogP contribution in [0.1, 0.15) is 40.2 Å². The summed E-state index contributed by atoms with van der Waals surface area (Å²) < 4.78 is 7.08. The molecule has 142 valence electrons. The van der Waals surface area contributed by atoms with E-state index >= 15 is 0 Å². The van der Waals surface area contributed by atoms with Crippen LogP contribution in [0.5, 0.6) is 0 Å². The fourth-order valence-corrected chi connectivity index (χ4v) is 2.08. The van der Waals surface area contributed by atoms with Crippen molar-refractivity contribution in [1.82, 2.24) is 25.7 Å². The van der Waals surface area contributed by atoms with Crippen molar-refractivity contribution in [3.8, 4) is 0 Å². The Hall–Kier alpha value is -2.25. The van der Waals surface area contributed by atoms with Gasteiger partial charge in [-0.2, -0.15) is 5.10 Å². The molecule has 1 aromatic heterocycles. The van der Waals surface area contributed by atoms with E-state index < -0.39 is 17.2 Å². The number of ether oxygens (including phenoxy) is 1. The number of nitrogens with zero attached hydrogens (tertiary/aromatic N) is 3. The SMILES string of the molecule is CN=C(NCCc1cnn(C)c1)NCC(C)(C)NC(=O)OC(C)(C)C. The number of hydrogen-bond donors (Lipinski definition) is 3. The molecule has 25 heavy (non-hydrogen) atoms. The van der Waals surface area contributed by atoms with Gasteiger partial charge < -0.3 is 20.7 Å². The van der Waals surface area contributed by atoms with Gasteiger partial charge in [-0.1, -0.05) is 0 Å².